The molecule has 0 aliphatic heterocycles. The van der Waals surface area contributed by atoms with Crippen molar-refractivity contribution < 1.29 is 17.2 Å². The van der Waals surface area contributed by atoms with Crippen molar-refractivity contribution in [3.63, 3.8) is 0 Å². The first-order chi connectivity index (χ1) is 6.89. The van der Waals surface area contributed by atoms with Gasteiger partial charge in [0.15, 0.2) is 0 Å². The lowest BCUT2D eigenvalue weighted by atomic mass is 10.2. The van der Waals surface area contributed by atoms with E-state index in [1.807, 2.05) is 0 Å². The lowest BCUT2D eigenvalue weighted by Crippen LogP contribution is -1.90. The van der Waals surface area contributed by atoms with Gasteiger partial charge >= 0.3 is 0 Å². The third kappa shape index (κ3) is 1.84. The molecule has 2 rings (SSSR count). The van der Waals surface area contributed by atoms with Crippen molar-refractivity contribution >= 4 is 41.2 Å². The van der Waals surface area contributed by atoms with Crippen LogP contribution in [0.4, 0.5) is 8.78 Å². The van der Waals surface area contributed by atoms with Gasteiger partial charge in [0.1, 0.15) is 16.5 Å². The number of fused-ring (bicyclic) bond motifs is 1. The van der Waals surface area contributed by atoms with Crippen molar-refractivity contribution in [2.75, 3.05) is 0 Å². The van der Waals surface area contributed by atoms with Crippen LogP contribution in [0.15, 0.2) is 22.4 Å². The van der Waals surface area contributed by atoms with E-state index in [4.69, 9.17) is 10.7 Å². The molecule has 15 heavy (non-hydrogen) atoms. The van der Waals surface area contributed by atoms with Crippen molar-refractivity contribution in [1.82, 2.24) is 0 Å². The van der Waals surface area contributed by atoms with Crippen LogP contribution in [0.25, 0.3) is 10.1 Å². The summed E-state index contributed by atoms with van der Waals surface area (Å²) in [6.45, 7) is 0. The second-order valence-electron chi connectivity index (χ2n) is 2.80. The molecular weight excluding hydrogens is 266 g/mol. The molecule has 1 aromatic carbocycles. The summed E-state index contributed by atoms with van der Waals surface area (Å²) in [5.74, 6) is -1.68. The molecule has 0 saturated carbocycles. The molecule has 80 valence electrons. The summed E-state index contributed by atoms with van der Waals surface area (Å²) in [6, 6.07) is 1.69. The zero-order valence-electron chi connectivity index (χ0n) is 7.00. The van der Waals surface area contributed by atoms with Gasteiger partial charge in [-0.05, 0) is 6.07 Å². The highest BCUT2D eigenvalue weighted by atomic mass is 35.7. The van der Waals surface area contributed by atoms with Gasteiger partial charge in [-0.2, -0.15) is 0 Å². The Bertz CT molecular complexity index is 633. The molecule has 7 heteroatoms. The van der Waals surface area contributed by atoms with Crippen LogP contribution in [-0.2, 0) is 9.05 Å². The van der Waals surface area contributed by atoms with E-state index >= 15 is 0 Å². The van der Waals surface area contributed by atoms with Crippen LogP contribution in [0, 0.1) is 11.6 Å². The Hall–Kier alpha value is -0.720. The van der Waals surface area contributed by atoms with Crippen molar-refractivity contribution in [1.29, 1.82) is 0 Å². The van der Waals surface area contributed by atoms with Crippen LogP contribution in [0.1, 0.15) is 0 Å². The van der Waals surface area contributed by atoms with E-state index in [2.05, 4.69) is 0 Å². The molecule has 0 bridgehead atoms. The van der Waals surface area contributed by atoms with Gasteiger partial charge in [-0.25, -0.2) is 17.2 Å². The van der Waals surface area contributed by atoms with Gasteiger partial charge in [-0.1, -0.05) is 0 Å². The third-order valence-electron chi connectivity index (χ3n) is 1.82. The first-order valence-electron chi connectivity index (χ1n) is 3.70. The molecule has 0 aliphatic rings. The van der Waals surface area contributed by atoms with Crippen LogP contribution >= 0.6 is 22.0 Å². The van der Waals surface area contributed by atoms with E-state index in [-0.39, 0.29) is 15.0 Å². The minimum atomic E-state index is -4.00. The number of rotatable bonds is 1. The Balaban J connectivity index is 2.93. The number of benzene rings is 1. The summed E-state index contributed by atoms with van der Waals surface area (Å²) >= 11 is 0.926. The van der Waals surface area contributed by atoms with Gasteiger partial charge in [-0.3, -0.25) is 0 Å². The Morgan fingerprint density at radius 2 is 1.93 bits per heavy atom. The van der Waals surface area contributed by atoms with E-state index in [1.165, 1.54) is 5.38 Å². The Labute approximate surface area is 92.5 Å². The minimum Gasteiger partial charge on any atom is -0.207 e. The van der Waals surface area contributed by atoms with Gasteiger partial charge in [0, 0.05) is 32.2 Å². The first kappa shape index (κ1) is 10.8. The molecule has 0 unspecified atom stereocenters. The molecule has 0 atom stereocenters. The maximum atomic E-state index is 13.3. The Kier molecular flexibility index (Phi) is 2.44. The largest absolute Gasteiger partial charge is 0.262 e. The summed E-state index contributed by atoms with van der Waals surface area (Å²) in [7, 11) is 1.11. The van der Waals surface area contributed by atoms with Gasteiger partial charge in [0.2, 0.25) is 0 Å². The number of halogens is 3. The van der Waals surface area contributed by atoms with E-state index in [1.54, 1.807) is 0 Å². The quantitative estimate of drug-likeness (QED) is 0.745. The van der Waals surface area contributed by atoms with Crippen LogP contribution in [0.2, 0.25) is 0 Å². The average Bonchev–Trinajstić information content (AvgIpc) is 2.45. The van der Waals surface area contributed by atoms with Crippen molar-refractivity contribution in [2.24, 2.45) is 0 Å². The second-order valence-corrected chi connectivity index (χ2v) is 6.24. The fraction of sp³-hybridized carbons (Fsp3) is 0. The molecular formula is C8H3ClF2O2S2. The molecule has 2 aromatic rings. The van der Waals surface area contributed by atoms with Crippen molar-refractivity contribution in [3.8, 4) is 0 Å². The van der Waals surface area contributed by atoms with E-state index in [0.717, 1.165) is 17.4 Å². The lowest BCUT2D eigenvalue weighted by Gasteiger charge is -1.96. The predicted molar refractivity (Wildman–Crippen MR) is 54.8 cm³/mol. The highest BCUT2D eigenvalue weighted by Gasteiger charge is 2.19. The fourth-order valence-electron chi connectivity index (χ4n) is 1.24. The third-order valence-corrected chi connectivity index (χ3v) is 4.25. The molecule has 0 spiro atoms. The second kappa shape index (κ2) is 3.40. The van der Waals surface area contributed by atoms with Crippen LogP contribution in [0.5, 0.6) is 0 Å². The average molecular weight is 269 g/mol. The molecule has 0 amide bonds. The van der Waals surface area contributed by atoms with Crippen LogP contribution in [0.3, 0.4) is 0 Å². The lowest BCUT2D eigenvalue weighted by molar-refractivity contribution is 0.589. The standard InChI is InChI=1S/C8H3ClF2O2S2/c9-15(12,13)7-3-14-6-2-4(10)1-5(11)8(6)7/h1-3H. The van der Waals surface area contributed by atoms with Gasteiger partial charge in [0.05, 0.1) is 0 Å². The van der Waals surface area contributed by atoms with Gasteiger partial charge < -0.3 is 0 Å². The van der Waals surface area contributed by atoms with Crippen LogP contribution in [-0.4, -0.2) is 8.42 Å². The van der Waals surface area contributed by atoms with E-state index < -0.39 is 20.7 Å². The normalized spacial score (nSPS) is 12.2. The number of thiophene rings is 1. The van der Waals surface area contributed by atoms with E-state index in [0.29, 0.717) is 6.07 Å². The summed E-state index contributed by atoms with van der Waals surface area (Å²) in [5, 5.41) is 1.03. The monoisotopic (exact) mass is 268 g/mol. The highest BCUT2D eigenvalue weighted by molar-refractivity contribution is 8.14. The first-order valence-corrected chi connectivity index (χ1v) is 6.89. The smallest absolute Gasteiger partial charge is 0.207 e. The summed E-state index contributed by atoms with van der Waals surface area (Å²) in [4.78, 5) is -0.318. The summed E-state index contributed by atoms with van der Waals surface area (Å²) in [5.41, 5.74) is 0. The van der Waals surface area contributed by atoms with Crippen molar-refractivity contribution in [3.05, 3.63) is 29.1 Å². The maximum Gasteiger partial charge on any atom is 0.262 e. The van der Waals surface area contributed by atoms with Crippen LogP contribution < -0.4 is 0 Å². The highest BCUT2D eigenvalue weighted by Crippen LogP contribution is 2.33. The minimum absolute atomic E-state index is 0.156. The molecule has 2 nitrogen and oxygen atoms in total. The number of hydrogen-bond donors (Lipinski definition) is 0. The molecule has 1 aromatic heterocycles. The maximum absolute atomic E-state index is 13.3. The summed E-state index contributed by atoms with van der Waals surface area (Å²) in [6.07, 6.45) is 0. The molecule has 0 radical (unpaired) electrons. The molecule has 0 aliphatic carbocycles. The zero-order valence-corrected chi connectivity index (χ0v) is 9.39. The topological polar surface area (TPSA) is 34.1 Å². The molecule has 0 saturated heterocycles. The molecule has 1 heterocycles. The SMILES string of the molecule is O=S(=O)(Cl)c1csc2cc(F)cc(F)c12. The summed E-state index contributed by atoms with van der Waals surface area (Å²) < 4.78 is 48.4. The number of hydrogen-bond acceptors (Lipinski definition) is 3. The van der Waals surface area contributed by atoms with Crippen molar-refractivity contribution in [2.45, 2.75) is 4.90 Å². The predicted octanol–water partition coefficient (Wildman–Crippen LogP) is 3.11. The Morgan fingerprint density at radius 1 is 1.27 bits per heavy atom. The van der Waals surface area contributed by atoms with E-state index in [9.17, 15) is 17.2 Å². The zero-order chi connectivity index (χ0) is 11.2. The van der Waals surface area contributed by atoms with Gasteiger partial charge in [-0.15, -0.1) is 11.3 Å². The molecule has 0 fully saturated rings. The fourth-order valence-corrected chi connectivity index (χ4v) is 3.77. The Morgan fingerprint density at radius 3 is 2.53 bits per heavy atom. The molecule has 0 N–H and O–H groups in total. The van der Waals surface area contributed by atoms with Gasteiger partial charge in [0.25, 0.3) is 9.05 Å².